The van der Waals surface area contributed by atoms with Crippen molar-refractivity contribution in [2.45, 2.75) is 25.2 Å². The number of aromatic nitrogens is 2. The molecule has 5 nitrogen and oxygen atoms in total. The van der Waals surface area contributed by atoms with Crippen LogP contribution in [0.1, 0.15) is 36.3 Å². The van der Waals surface area contributed by atoms with Crippen LogP contribution in [0.3, 0.4) is 0 Å². The quantitative estimate of drug-likeness (QED) is 0.604. The summed E-state index contributed by atoms with van der Waals surface area (Å²) in [4.78, 5) is 26.4. The number of hydrogen-bond donors (Lipinski definition) is 2. The lowest BCUT2D eigenvalue weighted by Gasteiger charge is -2.31. The summed E-state index contributed by atoms with van der Waals surface area (Å²) in [5.41, 5.74) is 3.10. The Morgan fingerprint density at radius 3 is 2.55 bits per heavy atom. The van der Waals surface area contributed by atoms with Crippen LogP contribution in [0.15, 0.2) is 64.6 Å². The molecule has 5 rings (SSSR count). The number of carbonyl (C=O) groups is 1. The molecule has 1 aliphatic heterocycles. The van der Waals surface area contributed by atoms with Gasteiger partial charge in [0.05, 0.1) is 21.3 Å². The van der Waals surface area contributed by atoms with Gasteiger partial charge < -0.3 is 5.32 Å². The van der Waals surface area contributed by atoms with Crippen LogP contribution in [-0.4, -0.2) is 15.6 Å². The number of fused-ring (bicyclic) bond motifs is 1. The molecule has 29 heavy (non-hydrogen) atoms. The minimum atomic E-state index is -0.561. The van der Waals surface area contributed by atoms with Crippen molar-refractivity contribution in [1.82, 2.24) is 9.78 Å². The molecule has 1 atom stereocenters. The number of hydrogen-bond acceptors (Lipinski definition) is 3. The number of benzene rings is 2. The number of allylic oxidation sites excluding steroid dienone is 2. The minimum absolute atomic E-state index is 0.0392. The second kappa shape index (κ2) is 6.94. The molecule has 3 aromatic rings. The maximum Gasteiger partial charge on any atom is 0.277 e. The summed E-state index contributed by atoms with van der Waals surface area (Å²) in [6.45, 7) is 0. The molecule has 2 aromatic carbocycles. The summed E-state index contributed by atoms with van der Waals surface area (Å²) in [7, 11) is 0. The molecule has 0 saturated heterocycles. The van der Waals surface area contributed by atoms with Crippen molar-refractivity contribution in [3.63, 3.8) is 0 Å². The van der Waals surface area contributed by atoms with Crippen molar-refractivity contribution < 1.29 is 4.79 Å². The molecule has 1 aliphatic carbocycles. The summed E-state index contributed by atoms with van der Waals surface area (Å²) in [5, 5.41) is 7.23. The molecular weight excluding hydrogens is 409 g/mol. The van der Waals surface area contributed by atoms with Crippen LogP contribution < -0.4 is 10.9 Å². The van der Waals surface area contributed by atoms with Crippen LogP contribution >= 0.6 is 23.2 Å². The number of rotatable bonds is 2. The van der Waals surface area contributed by atoms with Crippen LogP contribution in [0.2, 0.25) is 10.0 Å². The second-order valence-electron chi connectivity index (χ2n) is 7.25. The van der Waals surface area contributed by atoms with Crippen molar-refractivity contribution in [3.8, 4) is 5.69 Å². The van der Waals surface area contributed by atoms with E-state index in [1.54, 1.807) is 12.1 Å². The molecule has 0 amide bonds. The zero-order valence-electron chi connectivity index (χ0n) is 15.3. The van der Waals surface area contributed by atoms with Crippen LogP contribution in [0.4, 0.5) is 5.82 Å². The smallest absolute Gasteiger partial charge is 0.277 e. The maximum atomic E-state index is 13.5. The Morgan fingerprint density at radius 1 is 0.966 bits per heavy atom. The highest BCUT2D eigenvalue weighted by Crippen LogP contribution is 2.46. The van der Waals surface area contributed by atoms with E-state index in [-0.39, 0.29) is 11.3 Å². The van der Waals surface area contributed by atoms with Gasteiger partial charge in [0.15, 0.2) is 5.78 Å². The van der Waals surface area contributed by atoms with E-state index < -0.39 is 5.92 Å². The average Bonchev–Trinajstić information content (AvgIpc) is 3.06. The topological polar surface area (TPSA) is 66.9 Å². The van der Waals surface area contributed by atoms with Crippen molar-refractivity contribution >= 4 is 34.8 Å². The largest absolute Gasteiger partial charge is 0.343 e. The molecular formula is C22H17Cl2N3O2. The number of nitrogens with zero attached hydrogens (tertiary/aromatic N) is 1. The first-order chi connectivity index (χ1) is 14.1. The number of nitrogens with one attached hydrogen (secondary N) is 2. The lowest BCUT2D eigenvalue weighted by atomic mass is 9.77. The van der Waals surface area contributed by atoms with Crippen LogP contribution in [0.5, 0.6) is 0 Å². The number of ketones is 1. The minimum Gasteiger partial charge on any atom is -0.343 e. The standard InChI is InChI=1S/C22H17Cl2N3O2/c23-14-9-4-8-13(20(14)24)17-18-15(10-5-11-16(18)28)25-21-19(17)22(29)27(26-21)12-6-2-1-3-7-12/h1-4,6-9,17,25-26H,5,10-11H2. The fourth-order valence-corrected chi connectivity index (χ4v) is 4.67. The Labute approximate surface area is 176 Å². The Bertz CT molecular complexity index is 1220. The molecule has 0 bridgehead atoms. The van der Waals surface area contributed by atoms with Crippen LogP contribution in [-0.2, 0) is 4.79 Å². The number of halogens is 2. The van der Waals surface area contributed by atoms with E-state index in [9.17, 15) is 9.59 Å². The summed E-state index contributed by atoms with van der Waals surface area (Å²) in [6, 6.07) is 14.7. The van der Waals surface area contributed by atoms with E-state index in [1.807, 2.05) is 36.4 Å². The first-order valence-corrected chi connectivity index (χ1v) is 10.2. The highest BCUT2D eigenvalue weighted by molar-refractivity contribution is 6.42. The maximum absolute atomic E-state index is 13.5. The Kier molecular flexibility index (Phi) is 4.37. The monoisotopic (exact) mass is 425 g/mol. The Balaban J connectivity index is 1.79. The average molecular weight is 426 g/mol. The van der Waals surface area contributed by atoms with Gasteiger partial charge in [-0.3, -0.25) is 14.7 Å². The van der Waals surface area contributed by atoms with Gasteiger partial charge in [-0.1, -0.05) is 53.5 Å². The molecule has 2 heterocycles. The number of Topliss-reactive ketones (excluding diaryl/α,β-unsaturated/α-hetero) is 1. The summed E-state index contributed by atoms with van der Waals surface area (Å²) in [6.07, 6.45) is 1.98. The fraction of sp³-hybridized carbons (Fsp3) is 0.182. The zero-order valence-corrected chi connectivity index (χ0v) is 16.8. The van der Waals surface area contributed by atoms with Gasteiger partial charge in [-0.05, 0) is 36.6 Å². The third-order valence-electron chi connectivity index (χ3n) is 5.54. The molecule has 0 spiro atoms. The van der Waals surface area contributed by atoms with E-state index in [0.717, 1.165) is 18.5 Å². The van der Waals surface area contributed by atoms with Gasteiger partial charge in [0.25, 0.3) is 5.56 Å². The molecule has 0 radical (unpaired) electrons. The number of anilines is 1. The number of aromatic amines is 1. The van der Waals surface area contributed by atoms with Gasteiger partial charge in [-0.2, -0.15) is 0 Å². The highest BCUT2D eigenvalue weighted by atomic mass is 35.5. The predicted octanol–water partition coefficient (Wildman–Crippen LogP) is 5.04. The third kappa shape index (κ3) is 2.84. The van der Waals surface area contributed by atoms with E-state index in [4.69, 9.17) is 23.2 Å². The van der Waals surface area contributed by atoms with Gasteiger partial charge in [0.2, 0.25) is 0 Å². The van der Waals surface area contributed by atoms with Gasteiger partial charge in [0, 0.05) is 23.6 Å². The van der Waals surface area contributed by atoms with Gasteiger partial charge in [-0.15, -0.1) is 0 Å². The predicted molar refractivity (Wildman–Crippen MR) is 114 cm³/mol. The van der Waals surface area contributed by atoms with E-state index >= 15 is 0 Å². The normalized spacial score (nSPS) is 18.3. The first-order valence-electron chi connectivity index (χ1n) is 9.43. The number of H-pyrrole nitrogens is 1. The van der Waals surface area contributed by atoms with Crippen LogP contribution in [0, 0.1) is 0 Å². The lowest BCUT2D eigenvalue weighted by molar-refractivity contribution is -0.116. The van der Waals surface area contributed by atoms with E-state index in [2.05, 4.69) is 10.4 Å². The highest BCUT2D eigenvalue weighted by Gasteiger charge is 2.39. The lowest BCUT2D eigenvalue weighted by Crippen LogP contribution is -2.30. The molecule has 1 aromatic heterocycles. The SMILES string of the molecule is O=C1CCCC2=C1C(c1cccc(Cl)c1Cl)c1c([nH]n(-c3ccccc3)c1=O)N2. The third-order valence-corrected chi connectivity index (χ3v) is 6.38. The van der Waals surface area contributed by atoms with Crippen molar-refractivity contribution in [2.75, 3.05) is 5.32 Å². The molecule has 1 unspecified atom stereocenters. The van der Waals surface area contributed by atoms with Crippen molar-refractivity contribution in [3.05, 3.63) is 91.3 Å². The Morgan fingerprint density at radius 2 is 1.76 bits per heavy atom. The van der Waals surface area contributed by atoms with Gasteiger partial charge in [-0.25, -0.2) is 4.68 Å². The zero-order chi connectivity index (χ0) is 20.1. The molecule has 2 aliphatic rings. The molecule has 0 saturated carbocycles. The second-order valence-corrected chi connectivity index (χ2v) is 8.03. The Hall–Kier alpha value is -2.76. The molecule has 146 valence electrons. The van der Waals surface area contributed by atoms with Gasteiger partial charge in [0.1, 0.15) is 5.82 Å². The van der Waals surface area contributed by atoms with E-state index in [0.29, 0.717) is 44.7 Å². The first kappa shape index (κ1) is 18.3. The molecule has 7 heteroatoms. The van der Waals surface area contributed by atoms with Crippen LogP contribution in [0.25, 0.3) is 5.69 Å². The summed E-state index contributed by atoms with van der Waals surface area (Å²) >= 11 is 12.8. The molecule has 2 N–H and O–H groups in total. The number of para-hydroxylation sites is 1. The van der Waals surface area contributed by atoms with E-state index in [1.165, 1.54) is 4.68 Å². The summed E-state index contributed by atoms with van der Waals surface area (Å²) < 4.78 is 1.49. The molecule has 0 fully saturated rings. The van der Waals surface area contributed by atoms with Crippen molar-refractivity contribution in [1.29, 1.82) is 0 Å². The fourth-order valence-electron chi connectivity index (χ4n) is 4.25. The van der Waals surface area contributed by atoms with Crippen molar-refractivity contribution in [2.24, 2.45) is 0 Å². The van der Waals surface area contributed by atoms with Gasteiger partial charge >= 0.3 is 0 Å². The number of carbonyl (C=O) groups excluding carboxylic acids is 1. The summed E-state index contributed by atoms with van der Waals surface area (Å²) in [5.74, 6) is 0.0691.